The summed E-state index contributed by atoms with van der Waals surface area (Å²) in [6, 6.07) is 14.5. The van der Waals surface area contributed by atoms with E-state index in [1.165, 1.54) is 18.2 Å². The van der Waals surface area contributed by atoms with E-state index in [-0.39, 0.29) is 16.8 Å². The molecule has 0 radical (unpaired) electrons. The number of nitriles is 1. The maximum absolute atomic E-state index is 13.0. The van der Waals surface area contributed by atoms with Crippen LogP contribution in [0.15, 0.2) is 53.4 Å². The number of piperidine rings is 1. The van der Waals surface area contributed by atoms with Gasteiger partial charge in [0.2, 0.25) is 0 Å². The topological polar surface area (TPSA) is 90.3 Å². The molecule has 1 fully saturated rings. The molecular weight excluding hydrogens is 374 g/mol. The summed E-state index contributed by atoms with van der Waals surface area (Å²) in [6.07, 6.45) is 3.96. The van der Waals surface area contributed by atoms with Gasteiger partial charge in [-0.3, -0.25) is 9.52 Å². The predicted octanol–water partition coefficient (Wildman–Crippen LogP) is 3.76. The Kier molecular flexibility index (Phi) is 6.00. The number of nitrogens with one attached hydrogen (secondary N) is 1. The molecule has 3 rings (SSSR count). The van der Waals surface area contributed by atoms with E-state index in [0.29, 0.717) is 23.4 Å². The molecule has 0 aromatic heterocycles. The Morgan fingerprint density at radius 3 is 2.75 bits per heavy atom. The van der Waals surface area contributed by atoms with Gasteiger partial charge in [-0.15, -0.1) is 0 Å². The number of nitrogens with zero attached hydrogens (tertiary/aromatic N) is 2. The first kappa shape index (κ1) is 19.9. The third-order valence-corrected chi connectivity index (χ3v) is 6.37. The summed E-state index contributed by atoms with van der Waals surface area (Å²) in [5.41, 5.74) is 1.03. The van der Waals surface area contributed by atoms with Crippen LogP contribution in [-0.4, -0.2) is 31.8 Å². The van der Waals surface area contributed by atoms with E-state index in [9.17, 15) is 13.2 Å². The predicted molar refractivity (Wildman–Crippen MR) is 107 cm³/mol. The van der Waals surface area contributed by atoms with Crippen molar-refractivity contribution in [1.29, 1.82) is 5.26 Å². The second kappa shape index (κ2) is 8.44. The van der Waals surface area contributed by atoms with Gasteiger partial charge >= 0.3 is 0 Å². The Bertz CT molecular complexity index is 1010. The van der Waals surface area contributed by atoms with Gasteiger partial charge in [-0.25, -0.2) is 8.42 Å². The summed E-state index contributed by atoms with van der Waals surface area (Å²) < 4.78 is 28.0. The Morgan fingerprint density at radius 2 is 2.00 bits per heavy atom. The highest BCUT2D eigenvalue weighted by atomic mass is 32.2. The molecule has 1 saturated heterocycles. The standard InChI is InChI=1S/C21H23N3O3S/c1-2-19-10-3-4-12-24(19)21(25)17-8-6-11-20(14-17)28(26,27)23-18-9-5-7-16(13-18)15-22/h5-9,11,13-14,19,23H,2-4,10,12H2,1H3. The summed E-state index contributed by atoms with van der Waals surface area (Å²) in [5, 5.41) is 8.97. The number of rotatable bonds is 5. The number of hydrogen-bond acceptors (Lipinski definition) is 4. The lowest BCUT2D eigenvalue weighted by molar-refractivity contribution is 0.0608. The van der Waals surface area contributed by atoms with E-state index in [1.54, 1.807) is 30.3 Å². The first-order chi connectivity index (χ1) is 13.4. The Morgan fingerprint density at radius 1 is 1.21 bits per heavy atom. The zero-order valence-electron chi connectivity index (χ0n) is 15.8. The molecule has 1 heterocycles. The average Bonchev–Trinajstić information content (AvgIpc) is 2.73. The van der Waals surface area contributed by atoms with Crippen LogP contribution in [-0.2, 0) is 10.0 Å². The first-order valence-electron chi connectivity index (χ1n) is 9.38. The molecule has 0 bridgehead atoms. The molecule has 2 aromatic carbocycles. The lowest BCUT2D eigenvalue weighted by Gasteiger charge is -2.35. The summed E-state index contributed by atoms with van der Waals surface area (Å²) in [5.74, 6) is -0.130. The van der Waals surface area contributed by atoms with Crippen LogP contribution in [0, 0.1) is 11.3 Å². The monoisotopic (exact) mass is 397 g/mol. The minimum absolute atomic E-state index is 0.0192. The third-order valence-electron chi connectivity index (χ3n) is 4.99. The molecule has 146 valence electrons. The molecule has 1 aliphatic heterocycles. The average molecular weight is 398 g/mol. The quantitative estimate of drug-likeness (QED) is 0.832. The van der Waals surface area contributed by atoms with Crippen molar-refractivity contribution in [1.82, 2.24) is 4.90 Å². The fraction of sp³-hybridized carbons (Fsp3) is 0.333. The largest absolute Gasteiger partial charge is 0.336 e. The van der Waals surface area contributed by atoms with E-state index in [4.69, 9.17) is 5.26 Å². The lowest BCUT2D eigenvalue weighted by atomic mass is 9.99. The summed E-state index contributed by atoms with van der Waals surface area (Å²) in [4.78, 5) is 14.8. The molecule has 0 aliphatic carbocycles. The number of anilines is 1. The van der Waals surface area contributed by atoms with Crippen LogP contribution in [0.25, 0.3) is 0 Å². The van der Waals surface area contributed by atoms with Crippen molar-refractivity contribution in [3.63, 3.8) is 0 Å². The fourth-order valence-corrected chi connectivity index (χ4v) is 4.62. The van der Waals surface area contributed by atoms with Gasteiger partial charge in [-0.1, -0.05) is 19.1 Å². The molecule has 1 N–H and O–H groups in total. The highest BCUT2D eigenvalue weighted by Gasteiger charge is 2.27. The van der Waals surface area contributed by atoms with Crippen molar-refractivity contribution in [2.45, 2.75) is 43.5 Å². The number of carbonyl (C=O) groups excluding carboxylic acids is 1. The highest BCUT2D eigenvalue weighted by molar-refractivity contribution is 7.92. The zero-order valence-corrected chi connectivity index (χ0v) is 16.6. The number of sulfonamides is 1. The van der Waals surface area contributed by atoms with E-state index < -0.39 is 10.0 Å². The second-order valence-corrected chi connectivity index (χ2v) is 8.56. The molecule has 7 heteroatoms. The maximum atomic E-state index is 13.0. The Hall–Kier alpha value is -2.85. The number of likely N-dealkylation sites (tertiary alicyclic amines) is 1. The minimum atomic E-state index is -3.87. The van der Waals surface area contributed by atoms with Gasteiger partial charge < -0.3 is 4.90 Å². The summed E-state index contributed by atoms with van der Waals surface area (Å²) in [7, 11) is -3.87. The Balaban J connectivity index is 1.85. The van der Waals surface area contributed by atoms with E-state index in [2.05, 4.69) is 11.6 Å². The van der Waals surface area contributed by atoms with E-state index in [1.807, 2.05) is 11.0 Å². The molecule has 0 spiro atoms. The fourth-order valence-electron chi connectivity index (χ4n) is 3.52. The van der Waals surface area contributed by atoms with Crippen LogP contribution < -0.4 is 4.72 Å². The van der Waals surface area contributed by atoms with Gasteiger partial charge in [-0.05, 0) is 62.1 Å². The first-order valence-corrected chi connectivity index (χ1v) is 10.9. The van der Waals surface area contributed by atoms with Crippen molar-refractivity contribution in [3.8, 4) is 6.07 Å². The van der Waals surface area contributed by atoms with Gasteiger partial charge in [-0.2, -0.15) is 5.26 Å². The minimum Gasteiger partial charge on any atom is -0.336 e. The smallest absolute Gasteiger partial charge is 0.261 e. The molecule has 2 aromatic rings. The summed E-state index contributed by atoms with van der Waals surface area (Å²) >= 11 is 0. The molecule has 1 atom stereocenters. The third kappa shape index (κ3) is 4.34. The van der Waals surface area contributed by atoms with Gasteiger partial charge in [0.15, 0.2) is 0 Å². The summed E-state index contributed by atoms with van der Waals surface area (Å²) in [6.45, 7) is 2.77. The van der Waals surface area contributed by atoms with Gasteiger partial charge in [0, 0.05) is 18.2 Å². The van der Waals surface area contributed by atoms with Gasteiger partial charge in [0.1, 0.15) is 0 Å². The molecule has 6 nitrogen and oxygen atoms in total. The molecular formula is C21H23N3O3S. The van der Waals surface area contributed by atoms with Crippen LogP contribution in [0.2, 0.25) is 0 Å². The Labute approximate surface area is 165 Å². The number of carbonyl (C=O) groups is 1. The molecule has 28 heavy (non-hydrogen) atoms. The maximum Gasteiger partial charge on any atom is 0.261 e. The molecule has 1 amide bonds. The highest BCUT2D eigenvalue weighted by Crippen LogP contribution is 2.23. The van der Waals surface area contributed by atoms with Crippen molar-refractivity contribution in [2.75, 3.05) is 11.3 Å². The SMILES string of the molecule is CCC1CCCCN1C(=O)c1cccc(S(=O)(=O)Nc2cccc(C#N)c2)c1. The van der Waals surface area contributed by atoms with Crippen LogP contribution >= 0.6 is 0 Å². The van der Waals surface area contributed by atoms with Gasteiger partial charge in [0.25, 0.3) is 15.9 Å². The lowest BCUT2D eigenvalue weighted by Crippen LogP contribution is -2.43. The molecule has 1 aliphatic rings. The van der Waals surface area contributed by atoms with Crippen LogP contribution in [0.5, 0.6) is 0 Å². The number of benzene rings is 2. The van der Waals surface area contributed by atoms with Crippen molar-refractivity contribution < 1.29 is 13.2 Å². The zero-order chi connectivity index (χ0) is 20.1. The van der Waals surface area contributed by atoms with Crippen LogP contribution in [0.3, 0.4) is 0 Å². The van der Waals surface area contributed by atoms with E-state index in [0.717, 1.165) is 25.7 Å². The van der Waals surface area contributed by atoms with E-state index >= 15 is 0 Å². The number of amides is 1. The van der Waals surface area contributed by atoms with Crippen LogP contribution in [0.1, 0.15) is 48.5 Å². The normalized spacial score (nSPS) is 17.0. The van der Waals surface area contributed by atoms with Gasteiger partial charge in [0.05, 0.1) is 22.2 Å². The second-order valence-electron chi connectivity index (χ2n) is 6.88. The van der Waals surface area contributed by atoms with Crippen molar-refractivity contribution in [2.24, 2.45) is 0 Å². The van der Waals surface area contributed by atoms with Crippen molar-refractivity contribution >= 4 is 21.6 Å². The van der Waals surface area contributed by atoms with Crippen molar-refractivity contribution in [3.05, 3.63) is 59.7 Å². The number of hydrogen-bond donors (Lipinski definition) is 1. The van der Waals surface area contributed by atoms with Crippen LogP contribution in [0.4, 0.5) is 5.69 Å². The molecule has 1 unspecified atom stereocenters. The molecule has 0 saturated carbocycles.